The van der Waals surface area contributed by atoms with Crippen LogP contribution in [0, 0.1) is 0 Å². The third kappa shape index (κ3) is 4.35. The van der Waals surface area contributed by atoms with E-state index in [-0.39, 0.29) is 5.91 Å². The number of carbonyl (C=O) groups excluding carboxylic acids is 1. The van der Waals surface area contributed by atoms with Gasteiger partial charge in [0.05, 0.1) is 15.7 Å². The maximum absolute atomic E-state index is 12.0. The van der Waals surface area contributed by atoms with Gasteiger partial charge in [-0.3, -0.25) is 4.79 Å². The summed E-state index contributed by atoms with van der Waals surface area (Å²) in [4.78, 5) is 16.5. The number of amides is 1. The van der Waals surface area contributed by atoms with Crippen molar-refractivity contribution in [2.45, 2.75) is 6.42 Å². The highest BCUT2D eigenvalue weighted by Gasteiger charge is 2.15. The second-order valence-electron chi connectivity index (χ2n) is 5.04. The third-order valence-corrected chi connectivity index (χ3v) is 4.11. The van der Waals surface area contributed by atoms with Gasteiger partial charge in [0.1, 0.15) is 0 Å². The van der Waals surface area contributed by atoms with Crippen LogP contribution in [-0.2, 0) is 4.79 Å². The van der Waals surface area contributed by atoms with Gasteiger partial charge in [-0.2, -0.15) is 0 Å². The van der Waals surface area contributed by atoms with Gasteiger partial charge in [-0.25, -0.2) is 0 Å². The Balaban J connectivity index is 1.81. The van der Waals surface area contributed by atoms with Gasteiger partial charge in [0.25, 0.3) is 0 Å². The molecule has 1 saturated heterocycles. The SMILES string of the molecule is CN1CCN(CCC(=O)Nc2c(Cl)cccc2Cl)CC1. The van der Waals surface area contributed by atoms with Crippen molar-refractivity contribution >= 4 is 34.8 Å². The molecule has 0 radical (unpaired) electrons. The van der Waals surface area contributed by atoms with Gasteiger partial charge in [0.15, 0.2) is 0 Å². The second kappa shape index (κ2) is 7.27. The number of nitrogens with one attached hydrogen (secondary N) is 1. The number of para-hydroxylation sites is 1. The number of hydrogen-bond donors (Lipinski definition) is 1. The second-order valence-corrected chi connectivity index (χ2v) is 5.85. The molecule has 1 aliphatic rings. The van der Waals surface area contributed by atoms with Crippen molar-refractivity contribution in [3.63, 3.8) is 0 Å². The van der Waals surface area contributed by atoms with Crippen LogP contribution in [0.1, 0.15) is 6.42 Å². The summed E-state index contributed by atoms with van der Waals surface area (Å²) < 4.78 is 0. The predicted octanol–water partition coefficient (Wildman–Crippen LogP) is 2.57. The number of anilines is 1. The lowest BCUT2D eigenvalue weighted by Crippen LogP contribution is -2.45. The zero-order chi connectivity index (χ0) is 14.5. The summed E-state index contributed by atoms with van der Waals surface area (Å²) in [6.07, 6.45) is 0.450. The molecule has 20 heavy (non-hydrogen) atoms. The summed E-state index contributed by atoms with van der Waals surface area (Å²) in [5, 5.41) is 3.71. The largest absolute Gasteiger partial charge is 0.324 e. The first-order chi connectivity index (χ1) is 9.56. The van der Waals surface area contributed by atoms with E-state index in [2.05, 4.69) is 22.2 Å². The van der Waals surface area contributed by atoms with E-state index in [0.29, 0.717) is 22.2 Å². The van der Waals surface area contributed by atoms with E-state index in [9.17, 15) is 4.79 Å². The van der Waals surface area contributed by atoms with Gasteiger partial charge in [-0.1, -0.05) is 29.3 Å². The van der Waals surface area contributed by atoms with E-state index in [0.717, 1.165) is 32.7 Å². The Kier molecular flexibility index (Phi) is 5.66. The monoisotopic (exact) mass is 315 g/mol. The van der Waals surface area contributed by atoms with Crippen LogP contribution in [0.4, 0.5) is 5.69 Å². The summed E-state index contributed by atoms with van der Waals surface area (Å²) in [6, 6.07) is 5.18. The Hall–Kier alpha value is -0.810. The molecular weight excluding hydrogens is 297 g/mol. The van der Waals surface area contributed by atoms with Crippen molar-refractivity contribution in [1.82, 2.24) is 9.80 Å². The molecule has 0 atom stereocenters. The fourth-order valence-electron chi connectivity index (χ4n) is 2.15. The number of nitrogens with zero attached hydrogens (tertiary/aromatic N) is 2. The quantitative estimate of drug-likeness (QED) is 0.927. The van der Waals surface area contributed by atoms with E-state index < -0.39 is 0 Å². The number of likely N-dealkylation sites (N-methyl/N-ethyl adjacent to an activating group) is 1. The summed E-state index contributed by atoms with van der Waals surface area (Å²) in [7, 11) is 2.11. The van der Waals surface area contributed by atoms with Crippen molar-refractivity contribution < 1.29 is 4.79 Å². The molecule has 0 spiro atoms. The Morgan fingerprint density at radius 2 is 1.80 bits per heavy atom. The third-order valence-electron chi connectivity index (χ3n) is 3.48. The predicted molar refractivity (Wildman–Crippen MR) is 83.6 cm³/mol. The highest BCUT2D eigenvalue weighted by Crippen LogP contribution is 2.29. The molecule has 4 nitrogen and oxygen atoms in total. The van der Waals surface area contributed by atoms with Crippen molar-refractivity contribution in [2.24, 2.45) is 0 Å². The number of piperazine rings is 1. The van der Waals surface area contributed by atoms with Crippen molar-refractivity contribution in [3.05, 3.63) is 28.2 Å². The number of hydrogen-bond acceptors (Lipinski definition) is 3. The molecule has 0 aromatic heterocycles. The Labute approximate surface area is 129 Å². The fraction of sp³-hybridized carbons (Fsp3) is 0.500. The van der Waals surface area contributed by atoms with Crippen molar-refractivity contribution in [2.75, 3.05) is 45.1 Å². The van der Waals surface area contributed by atoms with Gasteiger partial charge in [0.2, 0.25) is 5.91 Å². The molecule has 1 N–H and O–H groups in total. The standard InChI is InChI=1S/C14H19Cl2N3O/c1-18-7-9-19(10-8-18)6-5-13(20)17-14-11(15)3-2-4-12(14)16/h2-4H,5-10H2,1H3,(H,17,20). The molecule has 1 aliphatic heterocycles. The highest BCUT2D eigenvalue weighted by atomic mass is 35.5. The Bertz CT molecular complexity index is 453. The molecule has 6 heteroatoms. The lowest BCUT2D eigenvalue weighted by molar-refractivity contribution is -0.116. The maximum Gasteiger partial charge on any atom is 0.225 e. The molecule has 2 rings (SSSR count). The molecule has 0 saturated carbocycles. The van der Waals surface area contributed by atoms with Crippen LogP contribution >= 0.6 is 23.2 Å². The summed E-state index contributed by atoms with van der Waals surface area (Å²) >= 11 is 12.0. The number of benzene rings is 1. The van der Waals surface area contributed by atoms with Crippen LogP contribution in [0.2, 0.25) is 10.0 Å². The van der Waals surface area contributed by atoms with Crippen LogP contribution in [0.3, 0.4) is 0 Å². The zero-order valence-corrected chi connectivity index (χ0v) is 13.0. The van der Waals surface area contributed by atoms with E-state index in [1.54, 1.807) is 18.2 Å². The molecule has 0 unspecified atom stereocenters. The molecule has 1 heterocycles. The van der Waals surface area contributed by atoms with Crippen LogP contribution in [0.15, 0.2) is 18.2 Å². The minimum atomic E-state index is -0.0565. The highest BCUT2D eigenvalue weighted by molar-refractivity contribution is 6.39. The number of carbonyl (C=O) groups is 1. The fourth-order valence-corrected chi connectivity index (χ4v) is 2.64. The Morgan fingerprint density at radius 3 is 2.40 bits per heavy atom. The van der Waals surface area contributed by atoms with Crippen molar-refractivity contribution in [3.8, 4) is 0 Å². The molecule has 1 amide bonds. The zero-order valence-electron chi connectivity index (χ0n) is 11.5. The average molecular weight is 316 g/mol. The number of halogens is 2. The van der Waals surface area contributed by atoms with E-state index in [1.807, 2.05) is 0 Å². The topological polar surface area (TPSA) is 35.6 Å². The van der Waals surface area contributed by atoms with E-state index in [4.69, 9.17) is 23.2 Å². The number of rotatable bonds is 4. The van der Waals surface area contributed by atoms with Crippen molar-refractivity contribution in [1.29, 1.82) is 0 Å². The minimum Gasteiger partial charge on any atom is -0.324 e. The molecule has 1 aromatic rings. The molecular formula is C14H19Cl2N3O. The maximum atomic E-state index is 12.0. The lowest BCUT2D eigenvalue weighted by atomic mass is 10.2. The molecule has 1 fully saturated rings. The molecule has 110 valence electrons. The normalized spacial score (nSPS) is 17.1. The smallest absolute Gasteiger partial charge is 0.225 e. The molecule has 0 bridgehead atoms. The van der Waals surface area contributed by atoms with Gasteiger partial charge in [0, 0.05) is 39.1 Å². The summed E-state index contributed by atoms with van der Waals surface area (Å²) in [6.45, 7) is 4.89. The van der Waals surface area contributed by atoms with Crippen LogP contribution in [0.25, 0.3) is 0 Å². The van der Waals surface area contributed by atoms with Crippen LogP contribution in [-0.4, -0.2) is 55.5 Å². The van der Waals surface area contributed by atoms with Gasteiger partial charge in [-0.05, 0) is 19.2 Å². The van der Waals surface area contributed by atoms with E-state index in [1.165, 1.54) is 0 Å². The van der Waals surface area contributed by atoms with Crippen LogP contribution in [0.5, 0.6) is 0 Å². The average Bonchev–Trinajstić information content (AvgIpc) is 2.42. The molecule has 1 aromatic carbocycles. The van der Waals surface area contributed by atoms with Crippen LogP contribution < -0.4 is 5.32 Å². The Morgan fingerprint density at radius 1 is 1.20 bits per heavy atom. The first-order valence-electron chi connectivity index (χ1n) is 6.71. The van der Waals surface area contributed by atoms with Gasteiger partial charge < -0.3 is 15.1 Å². The minimum absolute atomic E-state index is 0.0565. The van der Waals surface area contributed by atoms with Gasteiger partial charge in [-0.15, -0.1) is 0 Å². The van der Waals surface area contributed by atoms with Gasteiger partial charge >= 0.3 is 0 Å². The first kappa shape index (κ1) is 15.6. The summed E-state index contributed by atoms with van der Waals surface area (Å²) in [5.41, 5.74) is 0.499. The van der Waals surface area contributed by atoms with E-state index >= 15 is 0 Å². The first-order valence-corrected chi connectivity index (χ1v) is 7.46. The summed E-state index contributed by atoms with van der Waals surface area (Å²) in [5.74, 6) is -0.0565. The lowest BCUT2D eigenvalue weighted by Gasteiger charge is -2.32. The molecule has 0 aliphatic carbocycles.